The highest BCUT2D eigenvalue weighted by molar-refractivity contribution is 6.03. The van der Waals surface area contributed by atoms with Gasteiger partial charge in [0, 0.05) is 70.5 Å². The van der Waals surface area contributed by atoms with Gasteiger partial charge >= 0.3 is 11.9 Å². The van der Waals surface area contributed by atoms with E-state index in [1.807, 2.05) is 0 Å². The Bertz CT molecular complexity index is 2960. The van der Waals surface area contributed by atoms with Crippen LogP contribution in [0.5, 0.6) is 97.7 Å². The number of ether oxygens (including phenoxy) is 4. The van der Waals surface area contributed by atoms with Gasteiger partial charge in [0.1, 0.15) is 46.7 Å². The van der Waals surface area contributed by atoms with E-state index in [0.717, 1.165) is 54.6 Å². The molecule has 2 heterocycles. The van der Waals surface area contributed by atoms with Crippen molar-refractivity contribution >= 4 is 11.9 Å². The second kappa shape index (κ2) is 15.6. The molecule has 15 N–H and O–H groups in total. The normalized spacial score (nSPS) is 17.5. The van der Waals surface area contributed by atoms with Crippen molar-refractivity contribution in [2.24, 2.45) is 0 Å². The van der Waals surface area contributed by atoms with Gasteiger partial charge < -0.3 is 95.5 Å². The summed E-state index contributed by atoms with van der Waals surface area (Å²) in [6.45, 7) is 0. The molecule has 65 heavy (non-hydrogen) atoms. The first-order valence-corrected chi connectivity index (χ1v) is 18.9. The molecule has 336 valence electrons. The molecule has 2 aliphatic rings. The number of aromatic hydroxyl groups is 15. The van der Waals surface area contributed by atoms with E-state index in [4.69, 9.17) is 18.9 Å². The fraction of sp³-hybridized carbons (Fsp3) is 0.136. The Morgan fingerprint density at radius 3 is 1.51 bits per heavy atom. The van der Waals surface area contributed by atoms with Crippen LogP contribution in [0.25, 0.3) is 11.1 Å². The van der Waals surface area contributed by atoms with E-state index in [9.17, 15) is 86.2 Å². The van der Waals surface area contributed by atoms with Gasteiger partial charge in [-0.25, -0.2) is 9.59 Å². The van der Waals surface area contributed by atoms with Crippen LogP contribution in [-0.4, -0.2) is 101 Å². The number of hydrogen-bond donors (Lipinski definition) is 15. The molecule has 6 aromatic carbocycles. The van der Waals surface area contributed by atoms with E-state index in [-0.39, 0.29) is 34.6 Å². The van der Waals surface area contributed by atoms with E-state index >= 15 is 0 Å². The van der Waals surface area contributed by atoms with Crippen LogP contribution >= 0.6 is 0 Å². The SMILES string of the molecule is O=C(O[C@@H]1Cc2c(O)cc(O)cc2O[C@@H]1c1cc(O)c(O)c(O)c1-c1c(C(=O)O[C@@H]2Cc3c(O)cc(O)cc3O[C@@H]2c2ccc(O)c(O)c2)cc(O)c(O)c1O)c1cc(O)c(O)c(O)c1. The number of phenolic OH excluding ortho intramolecular Hbond substituents is 15. The smallest absolute Gasteiger partial charge is 0.339 e. The number of esters is 2. The third-order valence-corrected chi connectivity index (χ3v) is 10.8. The summed E-state index contributed by atoms with van der Waals surface area (Å²) in [6, 6.07) is 10.3. The number of phenols is 15. The molecule has 21 heteroatoms. The van der Waals surface area contributed by atoms with Gasteiger partial charge in [0.15, 0.2) is 64.0 Å². The highest BCUT2D eigenvalue weighted by atomic mass is 16.6. The zero-order valence-electron chi connectivity index (χ0n) is 32.7. The topological polar surface area (TPSA) is 375 Å². The largest absolute Gasteiger partial charge is 0.508 e. The first-order chi connectivity index (χ1) is 30.7. The van der Waals surface area contributed by atoms with E-state index in [1.54, 1.807) is 0 Å². The molecule has 8 rings (SSSR count). The van der Waals surface area contributed by atoms with Crippen molar-refractivity contribution in [3.8, 4) is 109 Å². The number of fused-ring (bicyclic) bond motifs is 2. The Balaban J connectivity index is 1.28. The highest BCUT2D eigenvalue weighted by Crippen LogP contribution is 2.56. The molecule has 21 nitrogen and oxygen atoms in total. The molecule has 0 saturated carbocycles. The monoisotopic (exact) mass is 898 g/mol. The molecule has 0 amide bonds. The van der Waals surface area contributed by atoms with Gasteiger partial charge in [-0.15, -0.1) is 0 Å². The summed E-state index contributed by atoms with van der Waals surface area (Å²) in [6.07, 6.45) is -7.38. The van der Waals surface area contributed by atoms with Crippen molar-refractivity contribution in [3.05, 3.63) is 100 Å². The zero-order chi connectivity index (χ0) is 46.9. The lowest BCUT2D eigenvalue weighted by molar-refractivity contribution is -0.0188. The van der Waals surface area contributed by atoms with Gasteiger partial charge in [-0.3, -0.25) is 0 Å². The minimum Gasteiger partial charge on any atom is -0.508 e. The van der Waals surface area contributed by atoms with Crippen LogP contribution in [0.1, 0.15) is 55.2 Å². The maximum absolute atomic E-state index is 14.5. The molecule has 0 unspecified atom stereocenters. The van der Waals surface area contributed by atoms with Crippen LogP contribution in [0, 0.1) is 0 Å². The molecule has 0 saturated heterocycles. The van der Waals surface area contributed by atoms with Crippen molar-refractivity contribution < 1.29 is 105 Å². The lowest BCUT2D eigenvalue weighted by Crippen LogP contribution is -2.35. The lowest BCUT2D eigenvalue weighted by atomic mass is 9.86. The van der Waals surface area contributed by atoms with Crippen LogP contribution in [0.2, 0.25) is 0 Å². The highest BCUT2D eigenvalue weighted by Gasteiger charge is 2.43. The Hall–Kier alpha value is -9.14. The predicted octanol–water partition coefficient (Wildman–Crippen LogP) is 4.74. The first kappa shape index (κ1) is 42.5. The predicted molar refractivity (Wildman–Crippen MR) is 215 cm³/mol. The molecule has 0 bridgehead atoms. The molecular weight excluding hydrogens is 864 g/mol. The van der Waals surface area contributed by atoms with E-state index < -0.39 is 157 Å². The van der Waals surface area contributed by atoms with E-state index in [2.05, 4.69) is 0 Å². The Morgan fingerprint density at radius 1 is 0.446 bits per heavy atom. The van der Waals surface area contributed by atoms with Crippen molar-refractivity contribution in [2.45, 2.75) is 37.3 Å². The molecule has 0 spiro atoms. The molecule has 0 fully saturated rings. The Labute approximate surface area is 362 Å². The summed E-state index contributed by atoms with van der Waals surface area (Å²) in [7, 11) is 0. The summed E-state index contributed by atoms with van der Waals surface area (Å²) >= 11 is 0. The van der Waals surface area contributed by atoms with Crippen molar-refractivity contribution in [1.82, 2.24) is 0 Å². The van der Waals surface area contributed by atoms with Gasteiger partial charge in [0.2, 0.25) is 11.5 Å². The summed E-state index contributed by atoms with van der Waals surface area (Å²) in [5.41, 5.74) is -3.75. The summed E-state index contributed by atoms with van der Waals surface area (Å²) in [5.74, 6) is -16.6. The van der Waals surface area contributed by atoms with E-state index in [0.29, 0.717) is 6.07 Å². The van der Waals surface area contributed by atoms with Gasteiger partial charge in [-0.2, -0.15) is 0 Å². The van der Waals surface area contributed by atoms with Crippen molar-refractivity contribution in [2.75, 3.05) is 0 Å². The second-order valence-corrected chi connectivity index (χ2v) is 14.9. The number of rotatable bonds is 7. The Kier molecular flexibility index (Phi) is 10.2. The van der Waals surface area contributed by atoms with Gasteiger partial charge in [0.25, 0.3) is 0 Å². The molecule has 0 aliphatic carbocycles. The van der Waals surface area contributed by atoms with Crippen LogP contribution < -0.4 is 9.47 Å². The van der Waals surface area contributed by atoms with Gasteiger partial charge in [0.05, 0.1) is 11.1 Å². The molecule has 0 radical (unpaired) electrons. The lowest BCUT2D eigenvalue weighted by Gasteiger charge is -2.35. The standard InChI is InChI=1S/C44H34O21/c45-16-6-23(48)18-12-32(41(62-30(18)8-16)14-1-2-22(47)25(50)3-14)65-44(61)21-11-29(54)38(57)40(59)35(21)34-20(10-28(53)37(56)39(34)58)42-33(13-19-24(49)7-17(46)9-31(19)63-42)64-43(60)15-4-26(51)36(55)27(52)5-15/h1-11,32-33,41-42,45-59H,12-13H2/t32-,33-,41-,42-/m1/s1. The maximum Gasteiger partial charge on any atom is 0.339 e. The molecule has 0 aromatic heterocycles. The third-order valence-electron chi connectivity index (χ3n) is 10.8. The average Bonchev–Trinajstić information content (AvgIpc) is 3.24. The summed E-state index contributed by atoms with van der Waals surface area (Å²) in [5, 5.41) is 159. The number of carbonyl (C=O) groups is 2. The van der Waals surface area contributed by atoms with Crippen LogP contribution in [0.15, 0.2) is 66.7 Å². The van der Waals surface area contributed by atoms with Crippen molar-refractivity contribution in [3.63, 3.8) is 0 Å². The fourth-order valence-electron chi connectivity index (χ4n) is 7.70. The number of carbonyl (C=O) groups excluding carboxylic acids is 2. The maximum atomic E-state index is 14.5. The van der Waals surface area contributed by atoms with Gasteiger partial charge in [-0.05, 0) is 36.4 Å². The van der Waals surface area contributed by atoms with E-state index in [1.165, 1.54) is 6.07 Å². The van der Waals surface area contributed by atoms with Crippen molar-refractivity contribution in [1.29, 1.82) is 0 Å². The summed E-state index contributed by atoms with van der Waals surface area (Å²) < 4.78 is 23.7. The molecule has 6 aromatic rings. The zero-order valence-corrected chi connectivity index (χ0v) is 32.7. The van der Waals surface area contributed by atoms with Crippen LogP contribution in [0.3, 0.4) is 0 Å². The molecule has 4 atom stereocenters. The molecular formula is C44H34O21. The van der Waals surface area contributed by atoms with Crippen LogP contribution in [-0.2, 0) is 22.3 Å². The average molecular weight is 899 g/mol. The Morgan fingerprint density at radius 2 is 0.938 bits per heavy atom. The number of benzene rings is 6. The fourth-order valence-corrected chi connectivity index (χ4v) is 7.70. The number of hydrogen-bond acceptors (Lipinski definition) is 21. The minimum absolute atomic E-state index is 0.0185. The molecule has 2 aliphatic heterocycles. The van der Waals surface area contributed by atoms with Gasteiger partial charge in [-0.1, -0.05) is 6.07 Å². The summed E-state index contributed by atoms with van der Waals surface area (Å²) in [4.78, 5) is 28.1. The third kappa shape index (κ3) is 7.41. The first-order valence-electron chi connectivity index (χ1n) is 18.9. The quantitative estimate of drug-likeness (QED) is 0.0759. The second-order valence-electron chi connectivity index (χ2n) is 14.9. The minimum atomic E-state index is -1.87. The van der Waals surface area contributed by atoms with Crippen LogP contribution in [0.4, 0.5) is 0 Å².